The zero-order valence-corrected chi connectivity index (χ0v) is 9.72. The first-order valence-corrected chi connectivity index (χ1v) is 5.73. The highest BCUT2D eigenvalue weighted by atomic mass is 15.3. The van der Waals surface area contributed by atoms with Crippen LogP contribution in [0.2, 0.25) is 0 Å². The Bertz CT molecular complexity index is 518. The highest BCUT2D eigenvalue weighted by molar-refractivity contribution is 5.38. The van der Waals surface area contributed by atoms with Gasteiger partial charge in [-0.3, -0.25) is 9.30 Å². The first kappa shape index (κ1) is 9.78. The highest BCUT2D eigenvalue weighted by Gasteiger charge is 2.39. The molecule has 0 unspecified atom stereocenters. The van der Waals surface area contributed by atoms with Crippen molar-refractivity contribution in [2.45, 2.75) is 25.3 Å². The second-order valence-corrected chi connectivity index (χ2v) is 4.75. The van der Waals surface area contributed by atoms with Crippen LogP contribution in [0.5, 0.6) is 0 Å². The van der Waals surface area contributed by atoms with Gasteiger partial charge in [0.05, 0.1) is 5.54 Å². The van der Waals surface area contributed by atoms with Crippen LogP contribution in [0, 0.1) is 0 Å². The number of fused-ring (bicyclic) bond motifs is 1. The number of hydrogen-bond donors (Lipinski definition) is 0. The van der Waals surface area contributed by atoms with Gasteiger partial charge in [-0.15, -0.1) is 10.2 Å². The fourth-order valence-electron chi connectivity index (χ4n) is 2.59. The van der Waals surface area contributed by atoms with E-state index in [4.69, 9.17) is 0 Å². The fourth-order valence-corrected chi connectivity index (χ4v) is 2.59. The third kappa shape index (κ3) is 1.19. The Morgan fingerprint density at radius 1 is 1.31 bits per heavy atom. The van der Waals surface area contributed by atoms with Gasteiger partial charge in [0.25, 0.3) is 0 Å². The van der Waals surface area contributed by atoms with E-state index in [0.29, 0.717) is 0 Å². The van der Waals surface area contributed by atoms with Crippen LogP contribution in [0.25, 0.3) is 5.65 Å². The molecule has 1 atom stereocenters. The molecule has 1 aliphatic heterocycles. The maximum Gasteiger partial charge on any atom is 0.160 e. The summed E-state index contributed by atoms with van der Waals surface area (Å²) in [6.07, 6.45) is 4.43. The highest BCUT2D eigenvalue weighted by Crippen LogP contribution is 2.35. The molecule has 4 nitrogen and oxygen atoms in total. The molecule has 1 saturated heterocycles. The van der Waals surface area contributed by atoms with Crippen molar-refractivity contribution in [3.63, 3.8) is 0 Å². The summed E-state index contributed by atoms with van der Waals surface area (Å²) in [4.78, 5) is 2.37. The molecule has 1 aliphatic rings. The van der Waals surface area contributed by atoms with E-state index in [9.17, 15) is 0 Å². The topological polar surface area (TPSA) is 33.4 Å². The lowest BCUT2D eigenvalue weighted by Crippen LogP contribution is -2.37. The van der Waals surface area contributed by atoms with E-state index in [1.165, 1.54) is 6.42 Å². The summed E-state index contributed by atoms with van der Waals surface area (Å²) in [5, 5.41) is 8.60. The molecule has 0 amide bonds. The predicted molar refractivity (Wildman–Crippen MR) is 62.2 cm³/mol. The summed E-state index contributed by atoms with van der Waals surface area (Å²) >= 11 is 0. The summed E-state index contributed by atoms with van der Waals surface area (Å²) in [5.74, 6) is 1.06. The van der Waals surface area contributed by atoms with E-state index < -0.39 is 0 Å². The molecule has 3 rings (SSSR count). The molecule has 1 fully saturated rings. The van der Waals surface area contributed by atoms with Crippen LogP contribution in [-0.4, -0.2) is 33.1 Å². The van der Waals surface area contributed by atoms with Crippen LogP contribution in [0.3, 0.4) is 0 Å². The van der Waals surface area contributed by atoms with E-state index in [1.54, 1.807) is 0 Å². The van der Waals surface area contributed by atoms with Crippen molar-refractivity contribution in [3.05, 3.63) is 30.2 Å². The van der Waals surface area contributed by atoms with Crippen LogP contribution in [0.1, 0.15) is 25.6 Å². The summed E-state index contributed by atoms with van der Waals surface area (Å²) in [7, 11) is 2.16. The van der Waals surface area contributed by atoms with Gasteiger partial charge in [-0.2, -0.15) is 0 Å². The molecule has 2 aromatic rings. The summed E-state index contributed by atoms with van der Waals surface area (Å²) in [6, 6.07) is 6.02. The number of nitrogens with zero attached hydrogens (tertiary/aromatic N) is 4. The molecule has 0 aliphatic carbocycles. The van der Waals surface area contributed by atoms with Gasteiger partial charge in [-0.05, 0) is 45.5 Å². The monoisotopic (exact) mass is 216 g/mol. The Balaban J connectivity index is 2.19. The summed E-state index contributed by atoms with van der Waals surface area (Å²) < 4.78 is 2.10. The largest absolute Gasteiger partial charge is 0.294 e. The molecule has 0 spiro atoms. The van der Waals surface area contributed by atoms with Gasteiger partial charge in [-0.25, -0.2) is 0 Å². The lowest BCUT2D eigenvalue weighted by atomic mass is 9.98. The van der Waals surface area contributed by atoms with Crippen LogP contribution in [0.15, 0.2) is 24.4 Å². The number of rotatable bonds is 1. The van der Waals surface area contributed by atoms with Crippen molar-refractivity contribution in [2.24, 2.45) is 0 Å². The lowest BCUT2D eigenvalue weighted by Gasteiger charge is -2.30. The van der Waals surface area contributed by atoms with Gasteiger partial charge >= 0.3 is 0 Å². The van der Waals surface area contributed by atoms with Gasteiger partial charge in [0.2, 0.25) is 0 Å². The van der Waals surface area contributed by atoms with Crippen LogP contribution >= 0.6 is 0 Å². The van der Waals surface area contributed by atoms with Gasteiger partial charge in [-0.1, -0.05) is 6.07 Å². The van der Waals surface area contributed by atoms with E-state index in [2.05, 4.69) is 33.5 Å². The minimum absolute atomic E-state index is 0.0285. The molecule has 0 saturated carbocycles. The zero-order valence-electron chi connectivity index (χ0n) is 9.72. The Morgan fingerprint density at radius 3 is 2.94 bits per heavy atom. The molecular formula is C12H16N4. The van der Waals surface area contributed by atoms with Crippen molar-refractivity contribution in [3.8, 4) is 0 Å². The Labute approximate surface area is 94.9 Å². The maximum atomic E-state index is 4.37. The van der Waals surface area contributed by atoms with Crippen LogP contribution < -0.4 is 0 Å². The smallest absolute Gasteiger partial charge is 0.160 e. The van der Waals surface area contributed by atoms with Gasteiger partial charge < -0.3 is 0 Å². The van der Waals surface area contributed by atoms with E-state index in [1.807, 2.05) is 24.4 Å². The second-order valence-electron chi connectivity index (χ2n) is 4.75. The standard InChI is InChI=1S/C12H16N4/c1-12(7-5-8-15(12)2)11-14-13-10-6-3-4-9-16(10)11/h3-4,6,9H,5,7-8H2,1-2H3/t12-/m0/s1. The van der Waals surface area contributed by atoms with E-state index in [-0.39, 0.29) is 5.54 Å². The maximum absolute atomic E-state index is 4.37. The number of aromatic nitrogens is 3. The van der Waals surface area contributed by atoms with Gasteiger partial charge in [0.1, 0.15) is 0 Å². The van der Waals surface area contributed by atoms with Crippen LogP contribution in [0.4, 0.5) is 0 Å². The predicted octanol–water partition coefficient (Wildman–Crippen LogP) is 1.67. The zero-order chi connectivity index (χ0) is 11.2. The molecule has 4 heteroatoms. The number of hydrogen-bond acceptors (Lipinski definition) is 3. The normalized spacial score (nSPS) is 26.6. The molecule has 0 bridgehead atoms. The molecule has 0 radical (unpaired) electrons. The number of likely N-dealkylation sites (tertiary alicyclic amines) is 1. The minimum Gasteiger partial charge on any atom is -0.294 e. The second kappa shape index (κ2) is 3.28. The van der Waals surface area contributed by atoms with Gasteiger partial charge in [0.15, 0.2) is 11.5 Å². The van der Waals surface area contributed by atoms with Crippen molar-refractivity contribution in [1.82, 2.24) is 19.5 Å². The lowest BCUT2D eigenvalue weighted by molar-refractivity contribution is 0.184. The molecule has 84 valence electrons. The minimum atomic E-state index is 0.0285. The van der Waals surface area contributed by atoms with Crippen LogP contribution in [-0.2, 0) is 5.54 Å². The Hall–Kier alpha value is -1.42. The average molecular weight is 216 g/mol. The van der Waals surface area contributed by atoms with Crippen molar-refractivity contribution in [2.75, 3.05) is 13.6 Å². The first-order valence-electron chi connectivity index (χ1n) is 5.73. The Morgan fingerprint density at radius 2 is 2.19 bits per heavy atom. The quantitative estimate of drug-likeness (QED) is 0.727. The summed E-state index contributed by atoms with van der Waals surface area (Å²) in [6.45, 7) is 3.39. The van der Waals surface area contributed by atoms with E-state index >= 15 is 0 Å². The third-order valence-electron chi connectivity index (χ3n) is 3.80. The summed E-state index contributed by atoms with van der Waals surface area (Å²) in [5.41, 5.74) is 0.958. The molecule has 0 aromatic carbocycles. The molecule has 2 aromatic heterocycles. The van der Waals surface area contributed by atoms with E-state index in [0.717, 1.165) is 24.4 Å². The van der Waals surface area contributed by atoms with Crippen molar-refractivity contribution in [1.29, 1.82) is 0 Å². The van der Waals surface area contributed by atoms with Gasteiger partial charge in [0, 0.05) is 6.20 Å². The van der Waals surface area contributed by atoms with Crippen molar-refractivity contribution >= 4 is 5.65 Å². The first-order chi connectivity index (χ1) is 7.72. The average Bonchev–Trinajstić information content (AvgIpc) is 2.85. The van der Waals surface area contributed by atoms with Crippen molar-refractivity contribution < 1.29 is 0 Å². The fraction of sp³-hybridized carbons (Fsp3) is 0.500. The Kier molecular flexibility index (Phi) is 2.01. The molecule has 16 heavy (non-hydrogen) atoms. The molecule has 3 heterocycles. The molecule has 0 N–H and O–H groups in total. The number of pyridine rings is 1. The molecular weight excluding hydrogens is 200 g/mol. The SMILES string of the molecule is CN1CCC[C@@]1(C)c1nnc2ccccn12. The third-order valence-corrected chi connectivity index (χ3v) is 3.80.